The zero-order chi connectivity index (χ0) is 13.0. The molecular formula is C13H18ClN3O. The van der Waals surface area contributed by atoms with E-state index in [1.54, 1.807) is 0 Å². The third-order valence-electron chi connectivity index (χ3n) is 2.82. The molecule has 2 rings (SSSR count). The Morgan fingerprint density at radius 2 is 2.33 bits per heavy atom. The number of nitrogens with zero attached hydrogens (tertiary/aromatic N) is 2. The second-order valence-electron chi connectivity index (χ2n) is 4.17. The van der Waals surface area contributed by atoms with Gasteiger partial charge in [-0.2, -0.15) is 0 Å². The van der Waals surface area contributed by atoms with Gasteiger partial charge in [-0.3, -0.25) is 4.99 Å². The third-order valence-corrected chi connectivity index (χ3v) is 3.06. The number of hydrogen-bond donors (Lipinski definition) is 1. The first-order valence-electron chi connectivity index (χ1n) is 6.11. The van der Waals surface area contributed by atoms with E-state index >= 15 is 0 Å². The highest BCUT2D eigenvalue weighted by atomic mass is 35.5. The Labute approximate surface area is 113 Å². The number of halogens is 1. The number of likely N-dealkylation sites (N-methyl/N-ethyl adjacent to an activating group) is 1. The molecule has 18 heavy (non-hydrogen) atoms. The fourth-order valence-electron chi connectivity index (χ4n) is 1.86. The van der Waals surface area contributed by atoms with E-state index in [9.17, 15) is 0 Å². The van der Waals surface area contributed by atoms with Gasteiger partial charge in [-0.25, -0.2) is 0 Å². The lowest BCUT2D eigenvalue weighted by Crippen LogP contribution is -2.35. The fourth-order valence-corrected chi connectivity index (χ4v) is 2.02. The van der Waals surface area contributed by atoms with Gasteiger partial charge in [0.15, 0.2) is 5.96 Å². The summed E-state index contributed by atoms with van der Waals surface area (Å²) >= 11 is 5.97. The highest BCUT2D eigenvalue weighted by Gasteiger charge is 2.12. The van der Waals surface area contributed by atoms with Crippen LogP contribution in [0.4, 0.5) is 0 Å². The Morgan fingerprint density at radius 1 is 1.50 bits per heavy atom. The van der Waals surface area contributed by atoms with Crippen molar-refractivity contribution in [3.8, 4) is 5.75 Å². The molecule has 0 aromatic heterocycles. The summed E-state index contributed by atoms with van der Waals surface area (Å²) in [7, 11) is 2.03. The van der Waals surface area contributed by atoms with Gasteiger partial charge in [-0.05, 0) is 19.1 Å². The maximum atomic E-state index is 5.97. The molecule has 0 fully saturated rings. The molecule has 1 aromatic rings. The van der Waals surface area contributed by atoms with Gasteiger partial charge in [0.2, 0.25) is 0 Å². The van der Waals surface area contributed by atoms with Crippen LogP contribution in [0.1, 0.15) is 12.5 Å². The lowest BCUT2D eigenvalue weighted by molar-refractivity contribution is 0.336. The summed E-state index contributed by atoms with van der Waals surface area (Å²) in [6, 6.07) is 5.71. The average Bonchev–Trinajstić information content (AvgIpc) is 2.74. The molecule has 0 radical (unpaired) electrons. The number of hydrogen-bond acceptors (Lipinski definition) is 4. The first kappa shape index (κ1) is 13.0. The number of nitrogens with one attached hydrogen (secondary N) is 1. The quantitative estimate of drug-likeness (QED) is 0.908. The van der Waals surface area contributed by atoms with E-state index in [-0.39, 0.29) is 0 Å². The first-order chi connectivity index (χ1) is 8.70. The molecule has 1 aliphatic rings. The molecule has 5 heteroatoms. The van der Waals surface area contributed by atoms with Crippen molar-refractivity contribution in [1.29, 1.82) is 0 Å². The Morgan fingerprint density at radius 3 is 3.00 bits per heavy atom. The van der Waals surface area contributed by atoms with Gasteiger partial charge >= 0.3 is 0 Å². The van der Waals surface area contributed by atoms with E-state index < -0.39 is 0 Å². The molecule has 0 saturated carbocycles. The zero-order valence-corrected chi connectivity index (χ0v) is 11.5. The van der Waals surface area contributed by atoms with Crippen LogP contribution in [0.25, 0.3) is 0 Å². The topological polar surface area (TPSA) is 36.9 Å². The zero-order valence-electron chi connectivity index (χ0n) is 10.7. The summed E-state index contributed by atoms with van der Waals surface area (Å²) < 4.78 is 5.58. The summed E-state index contributed by atoms with van der Waals surface area (Å²) in [5, 5.41) is 4.01. The standard InChI is InChI=1S/C13H18ClN3O/c1-3-18-12-8-11(14)5-4-10(12)9-16-13-15-6-7-17(13)2/h4-5,8H,3,6-7,9H2,1-2H3,(H,15,16). The molecular weight excluding hydrogens is 250 g/mol. The van der Waals surface area contributed by atoms with E-state index in [4.69, 9.17) is 16.3 Å². The second kappa shape index (κ2) is 5.96. The molecule has 4 nitrogen and oxygen atoms in total. The van der Waals surface area contributed by atoms with Crippen molar-refractivity contribution in [2.24, 2.45) is 4.99 Å². The van der Waals surface area contributed by atoms with E-state index in [1.165, 1.54) is 0 Å². The molecule has 0 aliphatic carbocycles. The van der Waals surface area contributed by atoms with E-state index in [0.29, 0.717) is 18.2 Å². The van der Waals surface area contributed by atoms with E-state index in [0.717, 1.165) is 30.4 Å². The number of benzene rings is 1. The van der Waals surface area contributed by atoms with E-state index in [2.05, 4.69) is 15.2 Å². The van der Waals surface area contributed by atoms with Crippen LogP contribution in [0, 0.1) is 0 Å². The summed E-state index contributed by atoms with van der Waals surface area (Å²) in [6.07, 6.45) is 0. The van der Waals surface area contributed by atoms with Gasteiger partial charge in [0.1, 0.15) is 5.75 Å². The van der Waals surface area contributed by atoms with Gasteiger partial charge in [-0.1, -0.05) is 17.7 Å². The summed E-state index contributed by atoms with van der Waals surface area (Å²) in [5.74, 6) is 1.77. The van der Waals surface area contributed by atoms with Crippen molar-refractivity contribution in [3.63, 3.8) is 0 Å². The van der Waals surface area contributed by atoms with Crippen molar-refractivity contribution >= 4 is 17.6 Å². The van der Waals surface area contributed by atoms with Crippen LogP contribution >= 0.6 is 11.6 Å². The number of rotatable bonds is 4. The predicted octanol–water partition coefficient (Wildman–Crippen LogP) is 2.13. The molecule has 0 spiro atoms. The maximum Gasteiger partial charge on any atom is 0.194 e. The van der Waals surface area contributed by atoms with Gasteiger partial charge in [-0.15, -0.1) is 0 Å². The van der Waals surface area contributed by atoms with Gasteiger partial charge in [0.25, 0.3) is 0 Å². The minimum Gasteiger partial charge on any atom is -0.493 e. The smallest absolute Gasteiger partial charge is 0.194 e. The molecule has 0 bridgehead atoms. The van der Waals surface area contributed by atoms with Crippen molar-refractivity contribution in [3.05, 3.63) is 28.8 Å². The Balaban J connectivity index is 2.04. The number of ether oxygens (including phenoxy) is 1. The Bertz CT molecular complexity index is 448. The third kappa shape index (κ3) is 3.07. The molecule has 0 unspecified atom stereocenters. The predicted molar refractivity (Wildman–Crippen MR) is 74.4 cm³/mol. The summed E-state index contributed by atoms with van der Waals surface area (Å²) in [4.78, 5) is 6.50. The largest absolute Gasteiger partial charge is 0.493 e. The van der Waals surface area contributed by atoms with Crippen molar-refractivity contribution < 1.29 is 4.74 Å². The molecule has 1 aromatic carbocycles. The van der Waals surface area contributed by atoms with Crippen molar-refractivity contribution in [2.45, 2.75) is 13.5 Å². The minimum absolute atomic E-state index is 0.633. The molecule has 1 aliphatic heterocycles. The molecule has 1 heterocycles. The normalized spacial score (nSPS) is 14.6. The minimum atomic E-state index is 0.633. The molecule has 0 atom stereocenters. The number of aliphatic imine (C=N–C) groups is 1. The highest BCUT2D eigenvalue weighted by molar-refractivity contribution is 6.30. The average molecular weight is 268 g/mol. The van der Waals surface area contributed by atoms with E-state index in [1.807, 2.05) is 32.2 Å². The van der Waals surface area contributed by atoms with Crippen LogP contribution in [0.2, 0.25) is 5.02 Å². The van der Waals surface area contributed by atoms with Crippen LogP contribution in [0.15, 0.2) is 23.2 Å². The molecule has 0 saturated heterocycles. The van der Waals surface area contributed by atoms with Gasteiger partial charge in [0.05, 0.1) is 13.2 Å². The van der Waals surface area contributed by atoms with Crippen molar-refractivity contribution in [1.82, 2.24) is 10.2 Å². The van der Waals surface area contributed by atoms with Crippen LogP contribution in [-0.2, 0) is 6.54 Å². The summed E-state index contributed by atoms with van der Waals surface area (Å²) in [5.41, 5.74) is 1.09. The second-order valence-corrected chi connectivity index (χ2v) is 4.60. The SMILES string of the molecule is CCOc1cc(Cl)ccc1CNC1=NCCN1C. The summed E-state index contributed by atoms with van der Waals surface area (Å²) in [6.45, 7) is 5.12. The Hall–Kier alpha value is -1.42. The van der Waals surface area contributed by atoms with Crippen LogP contribution in [0.5, 0.6) is 5.75 Å². The molecule has 98 valence electrons. The highest BCUT2D eigenvalue weighted by Crippen LogP contribution is 2.23. The van der Waals surface area contributed by atoms with Crippen LogP contribution in [0.3, 0.4) is 0 Å². The molecule has 1 N–H and O–H groups in total. The maximum absolute atomic E-state index is 5.97. The fraction of sp³-hybridized carbons (Fsp3) is 0.462. The van der Waals surface area contributed by atoms with Crippen molar-refractivity contribution in [2.75, 3.05) is 26.7 Å². The van der Waals surface area contributed by atoms with Gasteiger partial charge in [0, 0.05) is 30.7 Å². The lowest BCUT2D eigenvalue weighted by atomic mass is 10.2. The first-order valence-corrected chi connectivity index (χ1v) is 6.49. The van der Waals surface area contributed by atoms with Gasteiger partial charge < -0.3 is 15.0 Å². The Kier molecular flexibility index (Phi) is 4.31. The van der Waals surface area contributed by atoms with Crippen LogP contribution in [-0.4, -0.2) is 37.6 Å². The lowest BCUT2D eigenvalue weighted by Gasteiger charge is -2.16. The number of guanidine groups is 1. The van der Waals surface area contributed by atoms with Crippen LogP contribution < -0.4 is 10.1 Å². The monoisotopic (exact) mass is 267 g/mol. The molecule has 0 amide bonds.